The molecule has 0 spiro atoms. The van der Waals surface area contributed by atoms with Gasteiger partial charge in [-0.1, -0.05) is 343 Å². The molecular weight excluding hydrogens is 903 g/mol. The number of unbranched alkanes of at least 4 members (excludes halogenated alkanes) is 41. The molecule has 0 rings (SSSR count). The number of carbonyl (C=O) groups excluding carboxylic acids is 1. The molecule has 0 aliphatic heterocycles. The minimum absolute atomic E-state index is 0.0604. The average Bonchev–Trinajstić information content (AvgIpc) is 3.40. The van der Waals surface area contributed by atoms with Gasteiger partial charge in [-0.3, -0.25) is 4.79 Å². The van der Waals surface area contributed by atoms with Crippen LogP contribution in [0.5, 0.6) is 0 Å². The summed E-state index contributed by atoms with van der Waals surface area (Å²) < 4.78 is 0. The fourth-order valence-electron chi connectivity index (χ4n) is 9.95. The Labute approximate surface area is 462 Å². The molecule has 0 fully saturated rings. The highest BCUT2D eigenvalue weighted by atomic mass is 16.3. The second kappa shape index (κ2) is 64.9. The third kappa shape index (κ3) is 60.4. The first kappa shape index (κ1) is 71.6. The maximum Gasteiger partial charge on any atom is 0.220 e. The zero-order valence-electron chi connectivity index (χ0n) is 49.6. The number of hydrogen-bond donors (Lipinski definition) is 3. The number of amides is 1. The molecule has 0 radical (unpaired) electrons. The number of rotatable bonds is 60. The molecule has 4 nitrogen and oxygen atoms in total. The molecule has 0 bridgehead atoms. The van der Waals surface area contributed by atoms with Crippen LogP contribution in [0.3, 0.4) is 0 Å². The van der Waals surface area contributed by atoms with E-state index in [0.717, 1.165) is 64.2 Å². The van der Waals surface area contributed by atoms with Gasteiger partial charge in [-0.25, -0.2) is 0 Å². The maximum absolute atomic E-state index is 12.5. The summed E-state index contributed by atoms with van der Waals surface area (Å²) in [5.41, 5.74) is 0. The highest BCUT2D eigenvalue weighted by Crippen LogP contribution is 2.18. The molecule has 2 unspecified atom stereocenters. The SMILES string of the molecule is CC/C=C\C/C=C\C/C=C\C/C=C\C/C=C\C/C=C\CCCCCCCCCCCCCCCCCCCCC(=O)NC(CO)C(O)/C=C/CCCCCCCCCCCCCCCCCCCCCCCCC. The smallest absolute Gasteiger partial charge is 0.220 e. The van der Waals surface area contributed by atoms with Crippen LogP contribution in [-0.4, -0.2) is 34.9 Å². The Morgan fingerprint density at radius 1 is 0.338 bits per heavy atom. The first-order valence-corrected chi connectivity index (χ1v) is 32.8. The number of aliphatic hydroxyl groups is 2. The lowest BCUT2D eigenvalue weighted by atomic mass is 10.0. The van der Waals surface area contributed by atoms with Gasteiger partial charge >= 0.3 is 0 Å². The average molecular weight is 1030 g/mol. The largest absolute Gasteiger partial charge is 0.394 e. The summed E-state index contributed by atoms with van der Waals surface area (Å²) in [7, 11) is 0. The Hall–Kier alpha value is -2.43. The summed E-state index contributed by atoms with van der Waals surface area (Å²) >= 11 is 0. The zero-order chi connectivity index (χ0) is 53.4. The summed E-state index contributed by atoms with van der Waals surface area (Å²) in [6, 6.07) is -0.626. The van der Waals surface area contributed by atoms with E-state index in [0.29, 0.717) is 6.42 Å². The van der Waals surface area contributed by atoms with Crippen molar-refractivity contribution in [2.75, 3.05) is 6.61 Å². The van der Waals surface area contributed by atoms with Gasteiger partial charge in [0.2, 0.25) is 5.91 Å². The van der Waals surface area contributed by atoms with Crippen LogP contribution in [0.25, 0.3) is 0 Å². The molecule has 0 aromatic heterocycles. The molecule has 0 heterocycles. The van der Waals surface area contributed by atoms with E-state index in [1.54, 1.807) is 6.08 Å². The number of nitrogens with one attached hydrogen (secondary N) is 1. The summed E-state index contributed by atoms with van der Waals surface area (Å²) in [4.78, 5) is 12.5. The van der Waals surface area contributed by atoms with E-state index < -0.39 is 12.1 Å². The lowest BCUT2D eigenvalue weighted by molar-refractivity contribution is -0.123. The normalized spacial score (nSPS) is 13.3. The van der Waals surface area contributed by atoms with Crippen molar-refractivity contribution in [3.63, 3.8) is 0 Å². The van der Waals surface area contributed by atoms with Crippen LogP contribution >= 0.6 is 0 Å². The van der Waals surface area contributed by atoms with Crippen LogP contribution in [0.2, 0.25) is 0 Å². The maximum atomic E-state index is 12.5. The second-order valence-corrected chi connectivity index (χ2v) is 22.2. The molecule has 0 saturated heterocycles. The molecule has 0 aromatic carbocycles. The summed E-state index contributed by atoms with van der Waals surface area (Å²) in [6.45, 7) is 4.22. The van der Waals surface area contributed by atoms with Crippen molar-refractivity contribution in [2.24, 2.45) is 0 Å². The van der Waals surface area contributed by atoms with Crippen LogP contribution < -0.4 is 5.32 Å². The zero-order valence-corrected chi connectivity index (χ0v) is 49.6. The van der Waals surface area contributed by atoms with Gasteiger partial charge in [0.25, 0.3) is 0 Å². The van der Waals surface area contributed by atoms with Gasteiger partial charge in [-0.15, -0.1) is 0 Å². The van der Waals surface area contributed by atoms with Crippen LogP contribution in [-0.2, 0) is 4.79 Å². The number of carbonyl (C=O) groups is 1. The van der Waals surface area contributed by atoms with E-state index >= 15 is 0 Å². The second-order valence-electron chi connectivity index (χ2n) is 22.2. The van der Waals surface area contributed by atoms with Gasteiger partial charge in [-0.2, -0.15) is 0 Å². The van der Waals surface area contributed by atoms with Crippen molar-refractivity contribution >= 4 is 5.91 Å². The minimum atomic E-state index is -0.843. The van der Waals surface area contributed by atoms with Crippen LogP contribution in [0, 0.1) is 0 Å². The summed E-state index contributed by atoms with van der Waals surface area (Å²) in [5, 5.41) is 23.3. The molecule has 2 atom stereocenters. The van der Waals surface area contributed by atoms with Crippen molar-refractivity contribution in [2.45, 2.75) is 347 Å². The quantitative estimate of drug-likeness (QED) is 0.0420. The van der Waals surface area contributed by atoms with Crippen molar-refractivity contribution in [3.05, 3.63) is 85.1 Å². The number of allylic oxidation sites excluding steroid dienone is 13. The third-order valence-corrected chi connectivity index (χ3v) is 14.9. The van der Waals surface area contributed by atoms with Crippen molar-refractivity contribution in [1.82, 2.24) is 5.32 Å². The highest BCUT2D eigenvalue weighted by Gasteiger charge is 2.18. The molecule has 0 aromatic rings. The van der Waals surface area contributed by atoms with Crippen molar-refractivity contribution < 1.29 is 15.0 Å². The van der Waals surface area contributed by atoms with Crippen LogP contribution in [0.4, 0.5) is 0 Å². The molecule has 0 saturated carbocycles. The van der Waals surface area contributed by atoms with Crippen molar-refractivity contribution in [3.8, 4) is 0 Å². The molecule has 1 amide bonds. The topological polar surface area (TPSA) is 69.6 Å². The Kier molecular flexibility index (Phi) is 62.7. The lowest BCUT2D eigenvalue weighted by Gasteiger charge is -2.20. The Morgan fingerprint density at radius 2 is 0.595 bits per heavy atom. The molecule has 0 aliphatic carbocycles. The molecule has 3 N–H and O–H groups in total. The summed E-state index contributed by atoms with van der Waals surface area (Å²) in [6.07, 6.45) is 95.0. The Bertz CT molecular complexity index is 1310. The Balaban J connectivity index is 3.47. The standard InChI is InChI=1S/C70H127NO3/c1-3-5-7-9-11-13-15-17-19-21-23-25-27-29-30-31-32-33-34-35-36-37-38-39-40-42-44-46-48-50-52-54-56-58-60-62-64-66-70(74)71-68(67-72)69(73)65-63-61-59-57-55-53-51-49-47-45-43-41-28-26-24-22-20-18-16-14-12-10-8-6-4-2/h5,7,11,13,17,19,23,25,29-30,32-33,63,65,68-69,72-73H,3-4,6,8-10,12,14-16,18,20-22,24,26-28,31,34-62,64,66-67H2,1-2H3,(H,71,74)/b7-5-,13-11-,19-17-,25-23-,30-29-,33-32-,65-63+. The van der Waals surface area contributed by atoms with E-state index in [4.69, 9.17) is 0 Å². The molecular formula is C70H127NO3. The van der Waals surface area contributed by atoms with E-state index in [9.17, 15) is 15.0 Å². The predicted octanol–water partition coefficient (Wildman–Crippen LogP) is 22.3. The van der Waals surface area contributed by atoms with Gasteiger partial charge in [0.1, 0.15) is 0 Å². The predicted molar refractivity (Wildman–Crippen MR) is 331 cm³/mol. The monoisotopic (exact) mass is 1030 g/mol. The van der Waals surface area contributed by atoms with E-state index in [1.807, 2.05) is 6.08 Å². The fraction of sp³-hybridized carbons (Fsp3) is 0.786. The molecule has 0 aliphatic rings. The van der Waals surface area contributed by atoms with E-state index in [2.05, 4.69) is 92.1 Å². The van der Waals surface area contributed by atoms with Crippen molar-refractivity contribution in [1.29, 1.82) is 0 Å². The van der Waals surface area contributed by atoms with E-state index in [-0.39, 0.29) is 12.5 Å². The van der Waals surface area contributed by atoms with Gasteiger partial charge < -0.3 is 15.5 Å². The molecule has 4 heteroatoms. The molecule has 74 heavy (non-hydrogen) atoms. The minimum Gasteiger partial charge on any atom is -0.394 e. The molecule has 430 valence electrons. The van der Waals surface area contributed by atoms with Gasteiger partial charge in [0, 0.05) is 6.42 Å². The van der Waals surface area contributed by atoms with Gasteiger partial charge in [0.15, 0.2) is 0 Å². The third-order valence-electron chi connectivity index (χ3n) is 14.9. The van der Waals surface area contributed by atoms with Crippen LogP contribution in [0.1, 0.15) is 335 Å². The highest BCUT2D eigenvalue weighted by molar-refractivity contribution is 5.76. The van der Waals surface area contributed by atoms with Gasteiger partial charge in [-0.05, 0) is 70.6 Å². The van der Waals surface area contributed by atoms with Crippen LogP contribution in [0.15, 0.2) is 85.1 Å². The summed E-state index contributed by atoms with van der Waals surface area (Å²) in [5.74, 6) is -0.0604. The number of hydrogen-bond acceptors (Lipinski definition) is 3. The Morgan fingerprint density at radius 3 is 0.892 bits per heavy atom. The first-order valence-electron chi connectivity index (χ1n) is 32.8. The fourth-order valence-corrected chi connectivity index (χ4v) is 9.95. The number of aliphatic hydroxyl groups excluding tert-OH is 2. The lowest BCUT2D eigenvalue weighted by Crippen LogP contribution is -2.45. The first-order chi connectivity index (χ1) is 36.7. The van der Waals surface area contributed by atoms with E-state index in [1.165, 1.54) is 250 Å². The van der Waals surface area contributed by atoms with Gasteiger partial charge in [0.05, 0.1) is 18.8 Å².